The molecular formula is C20H32N2O2S. The molecule has 2 aliphatic rings. The number of amides is 1. The number of rotatable bonds is 6. The Balaban J connectivity index is 1.66. The standard InChI is InChI=1S/C20H32N2O2S/c1-16(24-4)7-12-22-15-19(14-18(22)23)8-10-20(11-9-19,21(2)3)17-6-5-13-25-17/h5-6,13,16H,7-12,14-15H2,1-4H3. The number of hydrogen-bond acceptors (Lipinski definition) is 4. The molecule has 1 atom stereocenters. The van der Waals surface area contributed by atoms with Gasteiger partial charge in [-0.2, -0.15) is 0 Å². The summed E-state index contributed by atoms with van der Waals surface area (Å²) in [6, 6.07) is 4.44. The Morgan fingerprint density at radius 2 is 2.04 bits per heavy atom. The van der Waals surface area contributed by atoms with Crippen molar-refractivity contribution in [2.75, 3.05) is 34.3 Å². The zero-order chi connectivity index (χ0) is 18.1. The summed E-state index contributed by atoms with van der Waals surface area (Å²) in [5.41, 5.74) is 0.352. The zero-order valence-corrected chi connectivity index (χ0v) is 16.9. The van der Waals surface area contributed by atoms with Gasteiger partial charge in [0, 0.05) is 31.5 Å². The zero-order valence-electron chi connectivity index (χ0n) is 16.1. The van der Waals surface area contributed by atoms with Gasteiger partial charge in [-0.25, -0.2) is 0 Å². The second-order valence-electron chi connectivity index (χ2n) is 8.23. The van der Waals surface area contributed by atoms with Crippen LogP contribution in [0.1, 0.15) is 50.3 Å². The first-order valence-electron chi connectivity index (χ1n) is 9.43. The van der Waals surface area contributed by atoms with Crippen LogP contribution in [0.2, 0.25) is 0 Å². The molecule has 2 fully saturated rings. The average Bonchev–Trinajstić information content (AvgIpc) is 3.22. The highest BCUT2D eigenvalue weighted by Crippen LogP contribution is 2.52. The predicted octanol–water partition coefficient (Wildman–Crippen LogP) is 3.72. The predicted molar refractivity (Wildman–Crippen MR) is 103 cm³/mol. The van der Waals surface area contributed by atoms with Crippen molar-refractivity contribution in [3.8, 4) is 0 Å². The van der Waals surface area contributed by atoms with Crippen LogP contribution < -0.4 is 0 Å². The summed E-state index contributed by atoms with van der Waals surface area (Å²) >= 11 is 1.87. The van der Waals surface area contributed by atoms with Gasteiger partial charge in [0.25, 0.3) is 0 Å². The third kappa shape index (κ3) is 3.64. The fraction of sp³-hybridized carbons (Fsp3) is 0.750. The lowest BCUT2D eigenvalue weighted by Gasteiger charge is -2.48. The van der Waals surface area contributed by atoms with E-state index < -0.39 is 0 Å². The minimum Gasteiger partial charge on any atom is -0.382 e. The fourth-order valence-electron chi connectivity index (χ4n) is 4.63. The van der Waals surface area contributed by atoms with E-state index in [1.807, 2.05) is 11.3 Å². The van der Waals surface area contributed by atoms with Crippen LogP contribution in [0.5, 0.6) is 0 Å². The molecule has 1 aliphatic heterocycles. The van der Waals surface area contributed by atoms with Crippen molar-refractivity contribution in [2.24, 2.45) is 5.41 Å². The van der Waals surface area contributed by atoms with Gasteiger partial charge in [0.05, 0.1) is 11.6 Å². The van der Waals surface area contributed by atoms with Gasteiger partial charge in [0.1, 0.15) is 0 Å². The molecule has 140 valence electrons. The molecule has 1 aliphatic carbocycles. The minimum absolute atomic E-state index is 0.153. The van der Waals surface area contributed by atoms with Gasteiger partial charge in [0.2, 0.25) is 5.91 Å². The maximum atomic E-state index is 12.5. The molecule has 0 radical (unpaired) electrons. The first-order chi connectivity index (χ1) is 11.9. The van der Waals surface area contributed by atoms with E-state index in [2.05, 4.69) is 48.3 Å². The average molecular weight is 365 g/mol. The molecule has 1 saturated heterocycles. The molecule has 0 N–H and O–H groups in total. The molecule has 1 saturated carbocycles. The summed E-state index contributed by atoms with van der Waals surface area (Å²) in [6.07, 6.45) is 6.47. The molecular weight excluding hydrogens is 332 g/mol. The van der Waals surface area contributed by atoms with Gasteiger partial charge < -0.3 is 9.64 Å². The van der Waals surface area contributed by atoms with Gasteiger partial charge in [-0.15, -0.1) is 11.3 Å². The van der Waals surface area contributed by atoms with Crippen LogP contribution in [0.15, 0.2) is 17.5 Å². The van der Waals surface area contributed by atoms with E-state index in [-0.39, 0.29) is 17.1 Å². The summed E-state index contributed by atoms with van der Waals surface area (Å²) in [4.78, 5) is 18.5. The Bertz CT molecular complexity index is 577. The van der Waals surface area contributed by atoms with Crippen molar-refractivity contribution in [3.05, 3.63) is 22.4 Å². The summed E-state index contributed by atoms with van der Waals surface area (Å²) in [7, 11) is 6.15. The van der Waals surface area contributed by atoms with Gasteiger partial charge in [-0.1, -0.05) is 6.07 Å². The van der Waals surface area contributed by atoms with Crippen molar-refractivity contribution in [3.63, 3.8) is 0 Å². The number of hydrogen-bond donors (Lipinski definition) is 0. The Labute approximate surface area is 156 Å². The van der Waals surface area contributed by atoms with E-state index in [1.54, 1.807) is 7.11 Å². The normalized spacial score (nSPS) is 31.2. The van der Waals surface area contributed by atoms with Crippen LogP contribution in [0.3, 0.4) is 0 Å². The van der Waals surface area contributed by atoms with Crippen molar-refractivity contribution >= 4 is 17.2 Å². The topological polar surface area (TPSA) is 32.8 Å². The maximum absolute atomic E-state index is 12.5. The number of methoxy groups -OCH3 is 1. The second kappa shape index (κ2) is 7.37. The van der Waals surface area contributed by atoms with Crippen LogP contribution in [0.4, 0.5) is 0 Å². The number of nitrogens with zero attached hydrogens (tertiary/aromatic N) is 2. The lowest BCUT2D eigenvalue weighted by Crippen LogP contribution is -2.47. The molecule has 1 unspecified atom stereocenters. The molecule has 0 bridgehead atoms. The summed E-state index contributed by atoms with van der Waals surface area (Å²) in [5.74, 6) is 0.344. The van der Waals surface area contributed by atoms with E-state index in [1.165, 1.54) is 4.88 Å². The Kier molecular flexibility index (Phi) is 5.57. The van der Waals surface area contributed by atoms with Gasteiger partial charge in [-0.05, 0) is 70.0 Å². The van der Waals surface area contributed by atoms with Gasteiger partial charge in [0.15, 0.2) is 0 Å². The van der Waals surface area contributed by atoms with E-state index in [4.69, 9.17) is 4.74 Å². The highest BCUT2D eigenvalue weighted by atomic mass is 32.1. The molecule has 1 aromatic rings. The molecule has 5 heteroatoms. The van der Waals surface area contributed by atoms with Crippen molar-refractivity contribution in [1.82, 2.24) is 9.80 Å². The van der Waals surface area contributed by atoms with E-state index >= 15 is 0 Å². The monoisotopic (exact) mass is 364 g/mol. The summed E-state index contributed by atoms with van der Waals surface area (Å²) < 4.78 is 5.33. The molecule has 25 heavy (non-hydrogen) atoms. The SMILES string of the molecule is COC(C)CCN1CC2(CCC(c3cccs3)(N(C)C)CC2)CC1=O. The largest absolute Gasteiger partial charge is 0.382 e. The van der Waals surface area contributed by atoms with Crippen LogP contribution in [0.25, 0.3) is 0 Å². The molecule has 4 nitrogen and oxygen atoms in total. The van der Waals surface area contributed by atoms with Gasteiger partial charge >= 0.3 is 0 Å². The lowest BCUT2D eigenvalue weighted by molar-refractivity contribution is -0.128. The molecule has 0 aromatic carbocycles. The molecule has 1 spiro atoms. The number of ether oxygens (including phenoxy) is 1. The molecule has 2 heterocycles. The van der Waals surface area contributed by atoms with Crippen LogP contribution in [-0.4, -0.2) is 56.1 Å². The quantitative estimate of drug-likeness (QED) is 0.771. The third-order valence-corrected chi connectivity index (χ3v) is 7.65. The first kappa shape index (κ1) is 18.9. The maximum Gasteiger partial charge on any atom is 0.223 e. The Hall–Kier alpha value is -0.910. The lowest BCUT2D eigenvalue weighted by atomic mass is 9.66. The highest BCUT2D eigenvalue weighted by Gasteiger charge is 2.50. The van der Waals surface area contributed by atoms with Crippen molar-refractivity contribution in [1.29, 1.82) is 0 Å². The smallest absolute Gasteiger partial charge is 0.223 e. The molecule has 3 rings (SSSR count). The van der Waals surface area contributed by atoms with E-state index in [9.17, 15) is 4.79 Å². The van der Waals surface area contributed by atoms with Crippen molar-refractivity contribution < 1.29 is 9.53 Å². The fourth-order valence-corrected chi connectivity index (χ4v) is 5.69. The Morgan fingerprint density at radius 3 is 2.60 bits per heavy atom. The van der Waals surface area contributed by atoms with Crippen LogP contribution >= 0.6 is 11.3 Å². The summed E-state index contributed by atoms with van der Waals surface area (Å²) in [6.45, 7) is 3.85. The molecule has 1 aromatic heterocycles. The second-order valence-corrected chi connectivity index (χ2v) is 9.18. The summed E-state index contributed by atoms with van der Waals surface area (Å²) in [5, 5.41) is 2.18. The third-order valence-electron chi connectivity index (χ3n) is 6.59. The number of carbonyl (C=O) groups is 1. The van der Waals surface area contributed by atoms with Crippen LogP contribution in [0, 0.1) is 5.41 Å². The number of carbonyl (C=O) groups excluding carboxylic acids is 1. The van der Waals surface area contributed by atoms with Crippen molar-refractivity contribution in [2.45, 2.75) is 57.1 Å². The number of thiophene rings is 1. The number of likely N-dealkylation sites (tertiary alicyclic amines) is 1. The minimum atomic E-state index is 0.153. The first-order valence-corrected chi connectivity index (χ1v) is 10.3. The van der Waals surface area contributed by atoms with E-state index in [0.717, 1.165) is 51.6 Å². The molecule has 1 amide bonds. The van der Waals surface area contributed by atoms with Gasteiger partial charge in [-0.3, -0.25) is 9.69 Å². The van der Waals surface area contributed by atoms with Crippen LogP contribution in [-0.2, 0) is 15.1 Å². The highest BCUT2D eigenvalue weighted by molar-refractivity contribution is 7.10. The van der Waals surface area contributed by atoms with E-state index in [0.29, 0.717) is 5.91 Å². The Morgan fingerprint density at radius 1 is 1.32 bits per heavy atom.